The van der Waals surface area contributed by atoms with E-state index in [4.69, 9.17) is 0 Å². The molecular formula is C10H19N3O. The summed E-state index contributed by atoms with van der Waals surface area (Å²) in [5.41, 5.74) is 0.0135. The van der Waals surface area contributed by atoms with Gasteiger partial charge in [-0.1, -0.05) is 0 Å². The van der Waals surface area contributed by atoms with Crippen LogP contribution in [0.15, 0.2) is 0 Å². The van der Waals surface area contributed by atoms with Crippen molar-refractivity contribution in [3.8, 4) is 0 Å². The Morgan fingerprint density at radius 3 is 2.79 bits per heavy atom. The first-order chi connectivity index (χ1) is 6.63. The Kier molecular flexibility index (Phi) is 2.39. The van der Waals surface area contributed by atoms with Gasteiger partial charge in [-0.25, -0.2) is 4.79 Å². The molecule has 0 aromatic rings. The minimum absolute atomic E-state index is 0.0135. The molecule has 0 saturated carbocycles. The van der Waals surface area contributed by atoms with Crippen LogP contribution in [0.3, 0.4) is 0 Å². The molecule has 1 spiro atoms. The van der Waals surface area contributed by atoms with Crippen molar-refractivity contribution in [2.75, 3.05) is 19.6 Å². The normalized spacial score (nSPS) is 32.8. The molecule has 2 N–H and O–H groups in total. The fourth-order valence-corrected chi connectivity index (χ4v) is 2.36. The molecule has 2 aliphatic rings. The lowest BCUT2D eigenvalue weighted by molar-refractivity contribution is 0.203. The van der Waals surface area contributed by atoms with Crippen LogP contribution in [0, 0.1) is 0 Å². The maximum atomic E-state index is 11.7. The van der Waals surface area contributed by atoms with Gasteiger partial charge in [0.25, 0.3) is 0 Å². The van der Waals surface area contributed by atoms with Crippen molar-refractivity contribution in [2.24, 2.45) is 0 Å². The van der Waals surface area contributed by atoms with Crippen molar-refractivity contribution < 1.29 is 4.79 Å². The predicted molar refractivity (Wildman–Crippen MR) is 55.2 cm³/mol. The highest BCUT2D eigenvalue weighted by atomic mass is 16.2. The molecule has 2 aliphatic heterocycles. The fraction of sp³-hybridized carbons (Fsp3) is 0.900. The zero-order chi connectivity index (χ0) is 10.2. The van der Waals surface area contributed by atoms with Gasteiger partial charge in [0.1, 0.15) is 0 Å². The molecule has 0 radical (unpaired) electrons. The number of hydrogen-bond donors (Lipinski definition) is 2. The van der Waals surface area contributed by atoms with Crippen molar-refractivity contribution in [3.63, 3.8) is 0 Å². The Morgan fingerprint density at radius 1 is 1.50 bits per heavy atom. The van der Waals surface area contributed by atoms with Crippen LogP contribution < -0.4 is 10.6 Å². The Labute approximate surface area is 85.0 Å². The summed E-state index contributed by atoms with van der Waals surface area (Å²) in [7, 11) is 0. The maximum absolute atomic E-state index is 11.7. The fourth-order valence-electron chi connectivity index (χ4n) is 2.36. The van der Waals surface area contributed by atoms with Gasteiger partial charge in [-0.2, -0.15) is 0 Å². The van der Waals surface area contributed by atoms with Gasteiger partial charge in [-0.05, 0) is 33.2 Å². The van der Waals surface area contributed by atoms with Crippen LogP contribution >= 0.6 is 0 Å². The first-order valence-electron chi connectivity index (χ1n) is 5.42. The number of nitrogens with one attached hydrogen (secondary N) is 2. The van der Waals surface area contributed by atoms with Crippen LogP contribution in [0.4, 0.5) is 4.79 Å². The molecule has 2 heterocycles. The molecule has 2 fully saturated rings. The average molecular weight is 197 g/mol. The van der Waals surface area contributed by atoms with Crippen LogP contribution in [0.5, 0.6) is 0 Å². The van der Waals surface area contributed by atoms with E-state index in [1.54, 1.807) is 0 Å². The second-order valence-electron chi connectivity index (χ2n) is 4.71. The van der Waals surface area contributed by atoms with Crippen molar-refractivity contribution >= 4 is 6.03 Å². The second-order valence-corrected chi connectivity index (χ2v) is 4.71. The van der Waals surface area contributed by atoms with Crippen molar-refractivity contribution in [2.45, 2.75) is 38.3 Å². The number of amides is 2. The SMILES string of the molecule is CC(C)N1CC2(CCCNC2)NC1=O. The first kappa shape index (κ1) is 9.77. The smallest absolute Gasteiger partial charge is 0.318 e. The number of rotatable bonds is 1. The van der Waals surface area contributed by atoms with Gasteiger partial charge in [0.05, 0.1) is 5.54 Å². The highest BCUT2D eigenvalue weighted by Crippen LogP contribution is 2.24. The van der Waals surface area contributed by atoms with Crippen LogP contribution in [-0.2, 0) is 0 Å². The zero-order valence-corrected chi connectivity index (χ0v) is 8.97. The molecule has 0 aliphatic carbocycles. The number of urea groups is 1. The summed E-state index contributed by atoms with van der Waals surface area (Å²) in [5, 5.41) is 6.48. The van der Waals surface area contributed by atoms with Crippen LogP contribution in [0.1, 0.15) is 26.7 Å². The molecule has 4 heteroatoms. The van der Waals surface area contributed by atoms with E-state index in [0.29, 0.717) is 6.04 Å². The summed E-state index contributed by atoms with van der Waals surface area (Å²) < 4.78 is 0. The van der Waals surface area contributed by atoms with Crippen molar-refractivity contribution in [1.82, 2.24) is 15.5 Å². The number of piperidine rings is 1. The lowest BCUT2D eigenvalue weighted by atomic mass is 9.91. The molecule has 0 bridgehead atoms. The summed E-state index contributed by atoms with van der Waals surface area (Å²) in [6.07, 6.45) is 2.27. The Bertz CT molecular complexity index is 234. The largest absolute Gasteiger partial charge is 0.329 e. The minimum Gasteiger partial charge on any atom is -0.329 e. The highest BCUT2D eigenvalue weighted by Gasteiger charge is 2.43. The molecule has 1 atom stereocenters. The molecule has 2 amide bonds. The molecule has 4 nitrogen and oxygen atoms in total. The number of carbonyl (C=O) groups excluding carboxylic acids is 1. The lowest BCUT2D eigenvalue weighted by Crippen LogP contribution is -2.54. The summed E-state index contributed by atoms with van der Waals surface area (Å²) >= 11 is 0. The van der Waals surface area contributed by atoms with Gasteiger partial charge < -0.3 is 15.5 Å². The zero-order valence-electron chi connectivity index (χ0n) is 8.97. The maximum Gasteiger partial charge on any atom is 0.318 e. The van der Waals surface area contributed by atoms with Gasteiger partial charge in [-0.15, -0.1) is 0 Å². The second kappa shape index (κ2) is 3.42. The standard InChI is InChI=1S/C10H19N3O/c1-8(2)13-7-10(12-9(13)14)4-3-5-11-6-10/h8,11H,3-7H2,1-2H3,(H,12,14). The average Bonchev–Trinajstić information content (AvgIpc) is 2.44. The molecular weight excluding hydrogens is 178 g/mol. The van der Waals surface area contributed by atoms with E-state index in [0.717, 1.165) is 32.5 Å². The van der Waals surface area contributed by atoms with Gasteiger partial charge in [0.15, 0.2) is 0 Å². The van der Waals surface area contributed by atoms with E-state index in [-0.39, 0.29) is 11.6 Å². The number of nitrogens with zero attached hydrogens (tertiary/aromatic N) is 1. The van der Waals surface area contributed by atoms with Gasteiger partial charge in [-0.3, -0.25) is 0 Å². The number of carbonyl (C=O) groups is 1. The molecule has 14 heavy (non-hydrogen) atoms. The molecule has 0 aromatic carbocycles. The van der Waals surface area contributed by atoms with E-state index >= 15 is 0 Å². The van der Waals surface area contributed by atoms with Crippen LogP contribution in [0.25, 0.3) is 0 Å². The first-order valence-corrected chi connectivity index (χ1v) is 5.42. The van der Waals surface area contributed by atoms with Crippen LogP contribution in [0.2, 0.25) is 0 Å². The summed E-state index contributed by atoms with van der Waals surface area (Å²) in [6.45, 7) is 6.99. The molecule has 2 rings (SSSR count). The summed E-state index contributed by atoms with van der Waals surface area (Å²) in [5.74, 6) is 0. The van der Waals surface area contributed by atoms with Gasteiger partial charge in [0, 0.05) is 19.1 Å². The van der Waals surface area contributed by atoms with E-state index in [9.17, 15) is 4.79 Å². The number of hydrogen-bond acceptors (Lipinski definition) is 2. The van der Waals surface area contributed by atoms with E-state index in [1.165, 1.54) is 0 Å². The molecule has 1 unspecified atom stereocenters. The van der Waals surface area contributed by atoms with E-state index in [2.05, 4.69) is 24.5 Å². The third-order valence-corrected chi connectivity index (χ3v) is 3.20. The monoisotopic (exact) mass is 197 g/mol. The predicted octanol–water partition coefficient (Wildman–Crippen LogP) is 0.542. The topological polar surface area (TPSA) is 44.4 Å². The third kappa shape index (κ3) is 1.59. The summed E-state index contributed by atoms with van der Waals surface area (Å²) in [4.78, 5) is 13.6. The Morgan fingerprint density at radius 2 is 2.29 bits per heavy atom. The van der Waals surface area contributed by atoms with Crippen LogP contribution in [-0.4, -0.2) is 42.1 Å². The highest BCUT2D eigenvalue weighted by molar-refractivity contribution is 5.78. The van der Waals surface area contributed by atoms with Gasteiger partial charge >= 0.3 is 6.03 Å². The molecule has 2 saturated heterocycles. The van der Waals surface area contributed by atoms with Gasteiger partial charge in [0.2, 0.25) is 0 Å². The van der Waals surface area contributed by atoms with Crippen molar-refractivity contribution in [1.29, 1.82) is 0 Å². The Balaban J connectivity index is 2.07. The lowest BCUT2D eigenvalue weighted by Gasteiger charge is -2.33. The minimum atomic E-state index is 0.0135. The quantitative estimate of drug-likeness (QED) is 0.644. The third-order valence-electron chi connectivity index (χ3n) is 3.20. The Hall–Kier alpha value is -0.770. The van der Waals surface area contributed by atoms with Crippen molar-refractivity contribution in [3.05, 3.63) is 0 Å². The van der Waals surface area contributed by atoms with E-state index in [1.807, 2.05) is 4.90 Å². The molecule has 0 aromatic heterocycles. The van der Waals surface area contributed by atoms with E-state index < -0.39 is 0 Å². The molecule has 80 valence electrons. The summed E-state index contributed by atoms with van der Waals surface area (Å²) in [6, 6.07) is 0.403.